The number of rotatable bonds is 8. The molecule has 3 aromatic carbocycles. The Bertz CT molecular complexity index is 1310. The van der Waals surface area contributed by atoms with E-state index in [9.17, 15) is 9.18 Å². The maximum Gasteiger partial charge on any atom is 0.319 e. The van der Waals surface area contributed by atoms with E-state index in [1.54, 1.807) is 26.4 Å². The molecule has 4 aromatic rings. The summed E-state index contributed by atoms with van der Waals surface area (Å²) >= 11 is 0. The van der Waals surface area contributed by atoms with Gasteiger partial charge in [-0.1, -0.05) is 36.4 Å². The number of aromatic nitrogens is 2. The Morgan fingerprint density at radius 2 is 1.71 bits per heavy atom. The fourth-order valence-electron chi connectivity index (χ4n) is 3.65. The number of benzene rings is 3. The van der Waals surface area contributed by atoms with E-state index < -0.39 is 6.03 Å². The fraction of sp³-hybridized carbons (Fsp3) is 0.154. The van der Waals surface area contributed by atoms with Gasteiger partial charge in [-0.15, -0.1) is 0 Å². The zero-order chi connectivity index (χ0) is 24.8. The molecule has 0 saturated heterocycles. The Kier molecular flexibility index (Phi) is 7.15. The van der Waals surface area contributed by atoms with Crippen molar-refractivity contribution in [2.24, 2.45) is 0 Å². The molecular formula is C26H26FN5O3. The van der Waals surface area contributed by atoms with Crippen molar-refractivity contribution in [1.82, 2.24) is 15.1 Å². The Morgan fingerprint density at radius 1 is 1.00 bits per heavy atom. The smallest absolute Gasteiger partial charge is 0.319 e. The van der Waals surface area contributed by atoms with Crippen LogP contribution in [-0.4, -0.2) is 36.6 Å². The first-order chi connectivity index (χ1) is 17.0. The van der Waals surface area contributed by atoms with Crippen LogP contribution >= 0.6 is 0 Å². The number of urea groups is 1. The summed E-state index contributed by atoms with van der Waals surface area (Å²) in [4.78, 5) is 12.7. The lowest BCUT2D eigenvalue weighted by Gasteiger charge is -2.11. The largest absolute Gasteiger partial charge is 0.493 e. The molecule has 0 fully saturated rings. The van der Waals surface area contributed by atoms with Crippen LogP contribution in [0.3, 0.4) is 0 Å². The Balaban J connectivity index is 1.51. The van der Waals surface area contributed by atoms with E-state index in [1.807, 2.05) is 48.5 Å². The molecule has 2 amide bonds. The Hall–Kier alpha value is -4.53. The maximum absolute atomic E-state index is 13.4. The van der Waals surface area contributed by atoms with Crippen LogP contribution in [0, 0.1) is 5.82 Å². The van der Waals surface area contributed by atoms with Crippen LogP contribution in [-0.2, 0) is 6.42 Å². The number of carbonyl (C=O) groups excluding carboxylic acids is 1. The van der Waals surface area contributed by atoms with Crippen LogP contribution in [0.1, 0.15) is 5.56 Å². The lowest BCUT2D eigenvalue weighted by atomic mass is 10.1. The highest BCUT2D eigenvalue weighted by atomic mass is 19.1. The Labute approximate surface area is 202 Å². The third-order valence-electron chi connectivity index (χ3n) is 5.43. The molecule has 4 N–H and O–H groups in total. The highest BCUT2D eigenvalue weighted by Gasteiger charge is 2.20. The van der Waals surface area contributed by atoms with E-state index in [2.05, 4.69) is 15.7 Å². The van der Waals surface area contributed by atoms with Gasteiger partial charge in [0.15, 0.2) is 17.3 Å². The predicted molar refractivity (Wildman–Crippen MR) is 134 cm³/mol. The first-order valence-electron chi connectivity index (χ1n) is 11.0. The highest BCUT2D eigenvalue weighted by Crippen LogP contribution is 2.34. The van der Waals surface area contributed by atoms with E-state index >= 15 is 0 Å². The summed E-state index contributed by atoms with van der Waals surface area (Å²) in [5.74, 6) is 1.13. The van der Waals surface area contributed by atoms with Gasteiger partial charge in [0, 0.05) is 12.1 Å². The van der Waals surface area contributed by atoms with Gasteiger partial charge in [0.1, 0.15) is 17.2 Å². The van der Waals surface area contributed by atoms with Crippen molar-refractivity contribution in [3.8, 4) is 28.4 Å². The molecule has 0 aliphatic heterocycles. The normalized spacial score (nSPS) is 10.6. The minimum atomic E-state index is -0.423. The van der Waals surface area contributed by atoms with Crippen molar-refractivity contribution in [1.29, 1.82) is 0 Å². The summed E-state index contributed by atoms with van der Waals surface area (Å²) in [6.45, 7) is 0.383. The van der Waals surface area contributed by atoms with E-state index in [4.69, 9.17) is 15.2 Å². The first-order valence-corrected chi connectivity index (χ1v) is 11.0. The number of anilines is 2. The lowest BCUT2D eigenvalue weighted by molar-refractivity contribution is 0.252. The van der Waals surface area contributed by atoms with E-state index in [0.29, 0.717) is 41.5 Å². The van der Waals surface area contributed by atoms with Crippen LogP contribution in [0.15, 0.2) is 72.8 Å². The molecule has 0 spiro atoms. The minimum Gasteiger partial charge on any atom is -0.493 e. The van der Waals surface area contributed by atoms with Crippen molar-refractivity contribution in [2.45, 2.75) is 6.42 Å². The van der Waals surface area contributed by atoms with E-state index in [0.717, 1.165) is 11.1 Å². The van der Waals surface area contributed by atoms with Crippen molar-refractivity contribution in [3.05, 3.63) is 84.2 Å². The van der Waals surface area contributed by atoms with Gasteiger partial charge in [-0.25, -0.2) is 13.9 Å². The zero-order valence-corrected chi connectivity index (χ0v) is 19.4. The number of nitrogens with one attached hydrogen (secondary N) is 2. The molecule has 0 aliphatic carbocycles. The summed E-state index contributed by atoms with van der Waals surface area (Å²) < 4.78 is 25.5. The topological polar surface area (TPSA) is 103 Å². The quantitative estimate of drug-likeness (QED) is 0.344. The summed E-state index contributed by atoms with van der Waals surface area (Å²) in [5.41, 5.74) is 9.58. The third-order valence-corrected chi connectivity index (χ3v) is 5.43. The molecule has 1 heterocycles. The van der Waals surface area contributed by atoms with Gasteiger partial charge in [-0.3, -0.25) is 0 Å². The number of nitrogens with zero attached hydrogens (tertiary/aromatic N) is 2. The summed E-state index contributed by atoms with van der Waals surface area (Å²) in [5, 5.41) is 10.3. The molecule has 180 valence electrons. The summed E-state index contributed by atoms with van der Waals surface area (Å²) in [7, 11) is 3.16. The number of halogens is 1. The van der Waals surface area contributed by atoms with Crippen LogP contribution in [0.25, 0.3) is 16.9 Å². The number of amides is 2. The molecule has 0 radical (unpaired) electrons. The molecule has 8 nitrogen and oxygen atoms in total. The van der Waals surface area contributed by atoms with Crippen LogP contribution in [0.5, 0.6) is 11.5 Å². The highest BCUT2D eigenvalue weighted by molar-refractivity contribution is 5.97. The zero-order valence-electron chi connectivity index (χ0n) is 19.4. The second kappa shape index (κ2) is 10.6. The monoisotopic (exact) mass is 475 g/mol. The Morgan fingerprint density at radius 3 is 2.40 bits per heavy atom. The number of hydrogen-bond donors (Lipinski definition) is 3. The standard InChI is InChI=1S/C26H26FN5O3/c1-34-21-13-8-17(16-22(21)35-2)14-15-29-26(33)30-24-23(18-6-4-3-5-7-18)31-32(25(24)28)20-11-9-19(27)10-12-20/h3-13,16H,14-15,28H2,1-2H3,(H2,29,30,33). The van der Waals surface area contributed by atoms with Gasteiger partial charge in [-0.2, -0.15) is 5.10 Å². The van der Waals surface area contributed by atoms with Crippen molar-refractivity contribution < 1.29 is 18.7 Å². The first kappa shape index (κ1) is 23.6. The second-order valence-electron chi connectivity index (χ2n) is 7.68. The minimum absolute atomic E-state index is 0.227. The average Bonchev–Trinajstić information content (AvgIpc) is 3.20. The number of methoxy groups -OCH3 is 2. The number of nitrogens with two attached hydrogens (primary N) is 1. The average molecular weight is 476 g/mol. The SMILES string of the molecule is COc1ccc(CCNC(=O)Nc2c(-c3ccccc3)nn(-c3ccc(F)cc3)c2N)cc1OC. The molecular weight excluding hydrogens is 449 g/mol. The summed E-state index contributed by atoms with van der Waals surface area (Å²) in [6, 6.07) is 20.4. The number of hydrogen-bond acceptors (Lipinski definition) is 5. The van der Waals surface area contributed by atoms with E-state index in [-0.39, 0.29) is 11.6 Å². The number of ether oxygens (including phenoxy) is 2. The van der Waals surface area contributed by atoms with Gasteiger partial charge >= 0.3 is 6.03 Å². The molecule has 1 aromatic heterocycles. The fourth-order valence-corrected chi connectivity index (χ4v) is 3.65. The van der Waals surface area contributed by atoms with Gasteiger partial charge in [0.25, 0.3) is 0 Å². The molecule has 0 saturated carbocycles. The van der Waals surface area contributed by atoms with Crippen molar-refractivity contribution in [2.75, 3.05) is 31.8 Å². The van der Waals surface area contributed by atoms with Crippen LogP contribution in [0.4, 0.5) is 20.7 Å². The van der Waals surface area contributed by atoms with Gasteiger partial charge in [0.2, 0.25) is 0 Å². The van der Waals surface area contributed by atoms with Gasteiger partial charge < -0.3 is 25.8 Å². The van der Waals surface area contributed by atoms with E-state index in [1.165, 1.54) is 16.8 Å². The lowest BCUT2D eigenvalue weighted by Crippen LogP contribution is -2.30. The van der Waals surface area contributed by atoms with Crippen molar-refractivity contribution >= 4 is 17.5 Å². The molecule has 9 heteroatoms. The molecule has 4 rings (SSSR count). The second-order valence-corrected chi connectivity index (χ2v) is 7.68. The number of nitrogen functional groups attached to an aromatic ring is 1. The predicted octanol–water partition coefficient (Wildman–Crippen LogP) is 4.64. The molecule has 0 aliphatic rings. The third kappa shape index (κ3) is 5.35. The summed E-state index contributed by atoms with van der Waals surface area (Å²) in [6.07, 6.45) is 0.587. The number of carbonyl (C=O) groups is 1. The van der Waals surface area contributed by atoms with Crippen LogP contribution < -0.4 is 25.8 Å². The molecule has 0 unspecified atom stereocenters. The van der Waals surface area contributed by atoms with Gasteiger partial charge in [0.05, 0.1) is 19.9 Å². The molecule has 0 atom stereocenters. The van der Waals surface area contributed by atoms with Crippen molar-refractivity contribution in [3.63, 3.8) is 0 Å². The van der Waals surface area contributed by atoms with Gasteiger partial charge in [-0.05, 0) is 48.4 Å². The molecule has 0 bridgehead atoms. The molecule has 35 heavy (non-hydrogen) atoms. The van der Waals surface area contributed by atoms with Crippen LogP contribution in [0.2, 0.25) is 0 Å². The maximum atomic E-state index is 13.4.